The Balaban J connectivity index is 1.37. The lowest BCUT2D eigenvalue weighted by Crippen LogP contribution is -2.59. The summed E-state index contributed by atoms with van der Waals surface area (Å²) in [4.78, 5) is 62.7. The lowest BCUT2D eigenvalue weighted by molar-refractivity contribution is -0.142. The van der Waals surface area contributed by atoms with Crippen molar-refractivity contribution in [3.63, 3.8) is 0 Å². The number of benzene rings is 1. The van der Waals surface area contributed by atoms with Crippen LogP contribution in [0.4, 0.5) is 4.79 Å². The number of rotatable bonds is 8. The minimum atomic E-state index is -4.00. The predicted molar refractivity (Wildman–Crippen MR) is 206 cm³/mol. The van der Waals surface area contributed by atoms with Crippen molar-refractivity contribution in [1.29, 1.82) is 0 Å². The molecule has 6 rings (SSSR count). The van der Waals surface area contributed by atoms with Gasteiger partial charge in [-0.05, 0) is 89.5 Å². The second kappa shape index (κ2) is 15.3. The molecule has 2 aliphatic carbocycles. The summed E-state index contributed by atoms with van der Waals surface area (Å²) in [6, 6.07) is 7.10. The Bertz CT molecular complexity index is 1960. The monoisotopic (exact) mass is 781 g/mol. The standard InChI is InChI=1S/C40H55N5O9S/c1-8-25-19-24(2)13-9-11-15-27-22-40(27,36(48)44-55(50,51)39(6)17-18-39)43-33(46)30-21-28(23-45(30)35(47)32(25)42-37(49)54-38(3,4)5)53-34-29-16-12-10-14-26(29)20-31(41-34)52-7/h10-12,14-16,20,24-25,27-28,30,32H,8-9,13,17-19,21-23H2,1-7H3,(H,42,49)(H,43,46)(H,44,48). The van der Waals surface area contributed by atoms with Crippen molar-refractivity contribution in [2.24, 2.45) is 17.8 Å². The summed E-state index contributed by atoms with van der Waals surface area (Å²) in [6.45, 7) is 10.8. The average Bonchev–Trinajstić information content (AvgIpc) is 4.00. The van der Waals surface area contributed by atoms with E-state index in [1.807, 2.05) is 43.3 Å². The van der Waals surface area contributed by atoms with E-state index in [1.54, 1.807) is 33.8 Å². The number of sulfonamides is 1. The molecule has 1 aromatic carbocycles. The van der Waals surface area contributed by atoms with Crippen LogP contribution in [0.5, 0.6) is 11.8 Å². The average molecular weight is 782 g/mol. The van der Waals surface area contributed by atoms with Gasteiger partial charge in [-0.2, -0.15) is 4.98 Å². The Hall–Kier alpha value is -4.40. The van der Waals surface area contributed by atoms with E-state index in [0.717, 1.165) is 11.8 Å². The molecule has 3 fully saturated rings. The summed E-state index contributed by atoms with van der Waals surface area (Å²) in [5, 5.41) is 7.31. The molecule has 2 saturated carbocycles. The van der Waals surface area contributed by atoms with Gasteiger partial charge in [0.1, 0.15) is 29.3 Å². The molecule has 15 heteroatoms. The molecular weight excluding hydrogens is 727 g/mol. The summed E-state index contributed by atoms with van der Waals surface area (Å²) in [6.07, 6.45) is 6.11. The molecule has 55 heavy (non-hydrogen) atoms. The van der Waals surface area contributed by atoms with Crippen LogP contribution >= 0.6 is 0 Å². The van der Waals surface area contributed by atoms with Crippen molar-refractivity contribution >= 4 is 44.6 Å². The van der Waals surface area contributed by atoms with Gasteiger partial charge in [0.05, 0.1) is 18.4 Å². The van der Waals surface area contributed by atoms with Gasteiger partial charge >= 0.3 is 6.09 Å². The fourth-order valence-corrected chi connectivity index (χ4v) is 9.06. The third-order valence-electron chi connectivity index (χ3n) is 11.4. The number of pyridine rings is 1. The zero-order valence-corrected chi connectivity index (χ0v) is 33.7. The lowest BCUT2D eigenvalue weighted by Gasteiger charge is -2.34. The van der Waals surface area contributed by atoms with Gasteiger partial charge in [-0.1, -0.05) is 50.6 Å². The van der Waals surface area contributed by atoms with Crippen LogP contribution in [0.1, 0.15) is 92.9 Å². The SMILES string of the molecule is CCC1CC(C)CCC=CC2CC2(C(=O)NS(=O)(=O)C2(C)CC2)NC(=O)C2CC(Oc3nc(OC)cc4ccccc34)CN2C(=O)C1NC(=O)OC(C)(C)C. The van der Waals surface area contributed by atoms with Gasteiger partial charge in [0.2, 0.25) is 33.6 Å². The predicted octanol–water partition coefficient (Wildman–Crippen LogP) is 4.76. The number of fused-ring (bicyclic) bond motifs is 3. The minimum absolute atomic E-state index is 0.0299. The first-order valence-electron chi connectivity index (χ1n) is 19.3. The Kier molecular flexibility index (Phi) is 11.2. The van der Waals surface area contributed by atoms with Gasteiger partial charge in [-0.25, -0.2) is 13.2 Å². The highest BCUT2D eigenvalue weighted by Crippen LogP contribution is 2.47. The van der Waals surface area contributed by atoms with Crippen molar-refractivity contribution in [3.8, 4) is 11.8 Å². The van der Waals surface area contributed by atoms with Crippen LogP contribution < -0.4 is 24.8 Å². The maximum Gasteiger partial charge on any atom is 0.408 e. The lowest BCUT2D eigenvalue weighted by atomic mass is 9.85. The zero-order valence-electron chi connectivity index (χ0n) is 32.8. The van der Waals surface area contributed by atoms with E-state index in [4.69, 9.17) is 14.2 Å². The van der Waals surface area contributed by atoms with E-state index in [-0.39, 0.29) is 37.1 Å². The number of hydrogen-bond donors (Lipinski definition) is 3. The molecule has 4 amide bonds. The van der Waals surface area contributed by atoms with Crippen LogP contribution in [-0.2, 0) is 29.1 Å². The van der Waals surface area contributed by atoms with Gasteiger partial charge in [-0.3, -0.25) is 19.1 Å². The van der Waals surface area contributed by atoms with Gasteiger partial charge in [0.15, 0.2) is 0 Å². The highest BCUT2D eigenvalue weighted by molar-refractivity contribution is 7.91. The third-order valence-corrected chi connectivity index (χ3v) is 13.6. The summed E-state index contributed by atoms with van der Waals surface area (Å²) < 4.78 is 45.2. The second-order valence-corrected chi connectivity index (χ2v) is 19.2. The van der Waals surface area contributed by atoms with E-state index in [2.05, 4.69) is 27.3 Å². The molecule has 1 saturated heterocycles. The summed E-state index contributed by atoms with van der Waals surface area (Å²) in [5.41, 5.74) is -2.36. The van der Waals surface area contributed by atoms with E-state index in [9.17, 15) is 27.6 Å². The van der Waals surface area contributed by atoms with Crippen molar-refractivity contribution in [2.75, 3.05) is 13.7 Å². The second-order valence-electron chi connectivity index (χ2n) is 17.0. The molecule has 0 spiro atoms. The number of carbonyl (C=O) groups excluding carboxylic acids is 4. The molecule has 14 nitrogen and oxygen atoms in total. The van der Waals surface area contributed by atoms with Gasteiger partial charge in [0, 0.05) is 23.8 Å². The molecule has 1 aromatic heterocycles. The van der Waals surface area contributed by atoms with E-state index in [1.165, 1.54) is 12.0 Å². The number of aromatic nitrogens is 1. The number of allylic oxidation sites excluding steroid dienone is 1. The Morgan fingerprint density at radius 3 is 2.53 bits per heavy atom. The fourth-order valence-electron chi connectivity index (χ4n) is 7.75. The highest BCUT2D eigenvalue weighted by atomic mass is 32.2. The molecule has 4 aliphatic rings. The number of methoxy groups -OCH3 is 1. The Labute approximate surface area is 323 Å². The Morgan fingerprint density at radius 1 is 1.13 bits per heavy atom. The number of nitrogens with one attached hydrogen (secondary N) is 3. The fraction of sp³-hybridized carbons (Fsp3) is 0.625. The summed E-state index contributed by atoms with van der Waals surface area (Å²) in [7, 11) is -2.50. The van der Waals surface area contributed by atoms with Crippen molar-refractivity contribution in [2.45, 2.75) is 127 Å². The maximum atomic E-state index is 14.9. The quantitative estimate of drug-likeness (QED) is 0.316. The van der Waals surface area contributed by atoms with Crippen LogP contribution in [0.15, 0.2) is 42.5 Å². The van der Waals surface area contributed by atoms with Crippen LogP contribution in [-0.4, -0.2) is 89.8 Å². The van der Waals surface area contributed by atoms with Crippen molar-refractivity contribution in [3.05, 3.63) is 42.5 Å². The topological polar surface area (TPSA) is 182 Å². The normalized spacial score (nSPS) is 29.5. The number of nitrogens with zero attached hydrogens (tertiary/aromatic N) is 2. The van der Waals surface area contributed by atoms with Crippen LogP contribution in [0.2, 0.25) is 0 Å². The van der Waals surface area contributed by atoms with Gasteiger partial charge in [0.25, 0.3) is 5.91 Å². The first-order chi connectivity index (χ1) is 25.9. The number of carbonyl (C=O) groups is 4. The molecule has 3 N–H and O–H groups in total. The van der Waals surface area contributed by atoms with Crippen LogP contribution in [0.3, 0.4) is 0 Å². The van der Waals surface area contributed by atoms with Crippen molar-refractivity contribution in [1.82, 2.24) is 25.2 Å². The first-order valence-corrected chi connectivity index (χ1v) is 20.8. The van der Waals surface area contributed by atoms with Crippen LogP contribution in [0.25, 0.3) is 10.8 Å². The number of hydrogen-bond acceptors (Lipinski definition) is 10. The number of amides is 4. The molecule has 7 atom stereocenters. The summed E-state index contributed by atoms with van der Waals surface area (Å²) >= 11 is 0. The van der Waals surface area contributed by atoms with E-state index < -0.39 is 73.8 Å². The largest absolute Gasteiger partial charge is 0.481 e. The smallest absolute Gasteiger partial charge is 0.408 e. The number of alkyl carbamates (subject to hydrolysis) is 1. The molecule has 0 radical (unpaired) electrons. The van der Waals surface area contributed by atoms with Gasteiger partial charge in [-0.15, -0.1) is 0 Å². The third kappa shape index (κ3) is 8.71. The minimum Gasteiger partial charge on any atom is -0.481 e. The molecule has 7 unspecified atom stereocenters. The Morgan fingerprint density at radius 2 is 1.85 bits per heavy atom. The molecule has 3 heterocycles. The molecule has 2 aliphatic heterocycles. The van der Waals surface area contributed by atoms with Gasteiger partial charge < -0.3 is 29.7 Å². The highest BCUT2D eigenvalue weighted by Gasteiger charge is 2.63. The van der Waals surface area contributed by atoms with E-state index >= 15 is 0 Å². The van der Waals surface area contributed by atoms with Crippen LogP contribution in [0, 0.1) is 17.8 Å². The zero-order chi connectivity index (χ0) is 39.9. The molecular formula is C40H55N5O9S. The first kappa shape index (κ1) is 40.3. The van der Waals surface area contributed by atoms with E-state index in [0.29, 0.717) is 43.4 Å². The molecule has 0 bridgehead atoms. The number of ether oxygens (including phenoxy) is 3. The van der Waals surface area contributed by atoms with Crippen molar-refractivity contribution < 1.29 is 41.8 Å². The maximum absolute atomic E-state index is 14.9. The summed E-state index contributed by atoms with van der Waals surface area (Å²) in [5.74, 6) is -1.91. The molecule has 300 valence electrons. The molecule has 2 aromatic rings.